The molecule has 3 amide bonds. The van der Waals surface area contributed by atoms with Gasteiger partial charge in [-0.3, -0.25) is 24.6 Å². The number of nitriles is 1. The van der Waals surface area contributed by atoms with Crippen molar-refractivity contribution in [2.45, 2.75) is 68.6 Å². The molecule has 2 aromatic rings. The van der Waals surface area contributed by atoms with Crippen LogP contribution >= 0.6 is 0 Å². The van der Waals surface area contributed by atoms with Crippen LogP contribution in [0.1, 0.15) is 71.1 Å². The Hall–Kier alpha value is -3.54. The number of fused-ring (bicyclic) bond motifs is 1. The second-order valence-electron chi connectivity index (χ2n) is 11.1. The molecule has 1 aliphatic carbocycles. The van der Waals surface area contributed by atoms with Gasteiger partial charge in [0.15, 0.2) is 0 Å². The van der Waals surface area contributed by atoms with E-state index in [0.717, 1.165) is 62.0 Å². The molecule has 3 N–H and O–H groups in total. The molecule has 2 saturated heterocycles. The highest BCUT2D eigenvalue weighted by Crippen LogP contribution is 2.47. The van der Waals surface area contributed by atoms with E-state index in [2.05, 4.69) is 40.6 Å². The fourth-order valence-corrected chi connectivity index (χ4v) is 6.06. The molecule has 6 rings (SSSR count). The van der Waals surface area contributed by atoms with Crippen LogP contribution in [0.4, 0.5) is 0 Å². The average Bonchev–Trinajstić information content (AvgIpc) is 3.64. The third-order valence-corrected chi connectivity index (χ3v) is 8.72. The van der Waals surface area contributed by atoms with E-state index in [4.69, 9.17) is 5.73 Å². The predicted octanol–water partition coefficient (Wildman–Crippen LogP) is 2.45. The summed E-state index contributed by atoms with van der Waals surface area (Å²) >= 11 is 0. The lowest BCUT2D eigenvalue weighted by Gasteiger charge is -2.40. The topological polar surface area (TPSA) is 120 Å². The highest BCUT2D eigenvalue weighted by atomic mass is 16.2. The Bertz CT molecular complexity index is 1320. The lowest BCUT2D eigenvalue weighted by molar-refractivity contribution is -0.136. The number of nitrogens with zero attached hydrogens (tertiary/aromatic N) is 3. The smallest absolute Gasteiger partial charge is 0.255 e. The van der Waals surface area contributed by atoms with Crippen molar-refractivity contribution in [2.75, 3.05) is 13.1 Å². The maximum absolute atomic E-state index is 13.0. The van der Waals surface area contributed by atoms with Crippen molar-refractivity contribution < 1.29 is 14.4 Å². The van der Waals surface area contributed by atoms with Crippen LogP contribution in [0.25, 0.3) is 0 Å². The largest absolute Gasteiger partial charge is 0.322 e. The summed E-state index contributed by atoms with van der Waals surface area (Å²) in [5.74, 6) is -0.843. The molecule has 1 unspecified atom stereocenters. The van der Waals surface area contributed by atoms with Gasteiger partial charge in [0.25, 0.3) is 5.91 Å². The summed E-state index contributed by atoms with van der Waals surface area (Å²) in [4.78, 5) is 40.8. The number of likely N-dealkylation sites (tertiary alicyclic amines) is 1. The molecule has 8 nitrogen and oxygen atoms in total. The van der Waals surface area contributed by atoms with Gasteiger partial charge < -0.3 is 10.6 Å². The zero-order chi connectivity index (χ0) is 25.8. The quantitative estimate of drug-likeness (QED) is 0.613. The number of nitrogens with two attached hydrogens (primary N) is 1. The minimum atomic E-state index is -0.611. The van der Waals surface area contributed by atoms with Crippen LogP contribution < -0.4 is 11.1 Å². The first-order chi connectivity index (χ1) is 17.8. The maximum Gasteiger partial charge on any atom is 0.255 e. The zero-order valence-corrected chi connectivity index (χ0v) is 20.8. The number of piperidine rings is 2. The Morgan fingerprint density at radius 2 is 1.70 bits per heavy atom. The van der Waals surface area contributed by atoms with Gasteiger partial charge in [0, 0.05) is 43.7 Å². The molecule has 1 atom stereocenters. The van der Waals surface area contributed by atoms with Gasteiger partial charge in [-0.2, -0.15) is 5.26 Å². The Morgan fingerprint density at radius 3 is 2.35 bits per heavy atom. The third kappa shape index (κ3) is 4.22. The summed E-state index contributed by atoms with van der Waals surface area (Å²) in [6.07, 6.45) is 4.14. The monoisotopic (exact) mass is 497 g/mol. The van der Waals surface area contributed by atoms with Crippen molar-refractivity contribution in [3.63, 3.8) is 0 Å². The number of rotatable bonds is 5. The van der Waals surface area contributed by atoms with Crippen LogP contribution in [-0.4, -0.2) is 46.7 Å². The Labute approximate surface area is 216 Å². The minimum Gasteiger partial charge on any atom is -0.322 e. The van der Waals surface area contributed by atoms with Gasteiger partial charge in [-0.15, -0.1) is 0 Å². The van der Waals surface area contributed by atoms with Crippen molar-refractivity contribution in [1.82, 2.24) is 15.1 Å². The highest BCUT2D eigenvalue weighted by Gasteiger charge is 2.45. The van der Waals surface area contributed by atoms with E-state index in [1.807, 2.05) is 18.2 Å². The molecule has 0 spiro atoms. The summed E-state index contributed by atoms with van der Waals surface area (Å²) in [6, 6.07) is 16.2. The molecule has 0 radical (unpaired) electrons. The van der Waals surface area contributed by atoms with Crippen molar-refractivity contribution in [2.24, 2.45) is 5.73 Å². The number of nitrogens with one attached hydrogen (secondary N) is 1. The zero-order valence-electron chi connectivity index (χ0n) is 20.8. The van der Waals surface area contributed by atoms with Crippen molar-refractivity contribution in [1.29, 1.82) is 5.26 Å². The van der Waals surface area contributed by atoms with E-state index < -0.39 is 17.5 Å². The molecule has 190 valence electrons. The predicted molar refractivity (Wildman–Crippen MR) is 136 cm³/mol. The van der Waals surface area contributed by atoms with E-state index in [9.17, 15) is 19.6 Å². The fourth-order valence-electron chi connectivity index (χ4n) is 6.06. The van der Waals surface area contributed by atoms with Gasteiger partial charge in [0.1, 0.15) is 6.04 Å². The number of hydrogen-bond donors (Lipinski definition) is 2. The van der Waals surface area contributed by atoms with Crippen LogP contribution in [0.2, 0.25) is 0 Å². The summed E-state index contributed by atoms with van der Waals surface area (Å²) in [7, 11) is 0. The number of amides is 3. The second-order valence-corrected chi connectivity index (χ2v) is 11.1. The SMILES string of the molecule is N#CC1(c2ccc(CN3CCC(N)(c4ccc5c(c4)CN(C4CCC(=O)NC4=O)C5=O)CC3)cc2)CC1. The first kappa shape index (κ1) is 23.8. The molecular weight excluding hydrogens is 466 g/mol. The van der Waals surface area contributed by atoms with Crippen LogP contribution in [0.15, 0.2) is 42.5 Å². The van der Waals surface area contributed by atoms with Crippen LogP contribution in [0.5, 0.6) is 0 Å². The summed E-state index contributed by atoms with van der Waals surface area (Å²) in [6.45, 7) is 2.96. The lowest BCUT2D eigenvalue weighted by Crippen LogP contribution is -2.52. The molecule has 0 aromatic heterocycles. The number of imide groups is 1. The molecule has 1 saturated carbocycles. The standard InChI is InChI=1S/C29H31N5O3/c30-18-28(9-10-28)21-3-1-19(2-4-21)16-33-13-11-29(31,12-14-33)22-5-6-23-20(15-22)17-34(27(23)37)24-7-8-25(35)32-26(24)36/h1-6,15,24H,7-14,16-17,31H2,(H,32,35,36). The Kier molecular flexibility index (Phi) is 5.66. The number of carbonyl (C=O) groups is 3. The summed E-state index contributed by atoms with van der Waals surface area (Å²) < 4.78 is 0. The lowest BCUT2D eigenvalue weighted by atomic mass is 9.81. The van der Waals surface area contributed by atoms with E-state index >= 15 is 0 Å². The van der Waals surface area contributed by atoms with E-state index in [1.54, 1.807) is 4.90 Å². The molecule has 4 aliphatic rings. The van der Waals surface area contributed by atoms with E-state index in [0.29, 0.717) is 18.5 Å². The molecule has 3 fully saturated rings. The number of benzene rings is 2. The molecule has 0 bridgehead atoms. The first-order valence-electron chi connectivity index (χ1n) is 13.1. The summed E-state index contributed by atoms with van der Waals surface area (Å²) in [5.41, 5.74) is 11.1. The van der Waals surface area contributed by atoms with Gasteiger partial charge in [0.05, 0.1) is 11.5 Å². The molecule has 37 heavy (non-hydrogen) atoms. The van der Waals surface area contributed by atoms with Gasteiger partial charge in [-0.25, -0.2) is 0 Å². The van der Waals surface area contributed by atoms with Crippen LogP contribution in [0.3, 0.4) is 0 Å². The van der Waals surface area contributed by atoms with Crippen molar-refractivity contribution >= 4 is 17.7 Å². The number of carbonyl (C=O) groups excluding carboxylic acids is 3. The van der Waals surface area contributed by atoms with E-state index in [-0.39, 0.29) is 23.7 Å². The minimum absolute atomic E-state index is 0.162. The maximum atomic E-state index is 13.0. The van der Waals surface area contributed by atoms with Gasteiger partial charge in [0.2, 0.25) is 11.8 Å². The third-order valence-electron chi connectivity index (χ3n) is 8.72. The Morgan fingerprint density at radius 1 is 1.00 bits per heavy atom. The molecule has 2 aromatic carbocycles. The summed E-state index contributed by atoms with van der Waals surface area (Å²) in [5, 5.41) is 11.8. The first-order valence-corrected chi connectivity index (χ1v) is 13.1. The second kappa shape index (κ2) is 8.79. The van der Waals surface area contributed by atoms with Crippen LogP contribution in [-0.2, 0) is 33.6 Å². The molecule has 8 heteroatoms. The van der Waals surface area contributed by atoms with Crippen molar-refractivity contribution in [3.05, 3.63) is 70.3 Å². The average molecular weight is 498 g/mol. The highest BCUT2D eigenvalue weighted by molar-refractivity contribution is 6.05. The molecule has 3 heterocycles. The van der Waals surface area contributed by atoms with Crippen LogP contribution in [0, 0.1) is 11.3 Å². The molecule has 3 aliphatic heterocycles. The van der Waals surface area contributed by atoms with E-state index in [1.165, 1.54) is 5.56 Å². The Balaban J connectivity index is 1.10. The normalized spacial score (nSPS) is 24.4. The van der Waals surface area contributed by atoms with Gasteiger partial charge in [-0.1, -0.05) is 36.4 Å². The molecular formula is C29H31N5O3. The van der Waals surface area contributed by atoms with Gasteiger partial charge in [-0.05, 0) is 60.4 Å². The fraction of sp³-hybridized carbons (Fsp3) is 0.448. The van der Waals surface area contributed by atoms with Crippen molar-refractivity contribution in [3.8, 4) is 6.07 Å². The number of hydrogen-bond acceptors (Lipinski definition) is 6. The van der Waals surface area contributed by atoms with Gasteiger partial charge >= 0.3 is 0 Å².